The van der Waals surface area contributed by atoms with Gasteiger partial charge in [-0.1, -0.05) is 31.9 Å². The second-order valence-electron chi connectivity index (χ2n) is 8.25. The van der Waals surface area contributed by atoms with E-state index in [4.69, 9.17) is 4.74 Å². The lowest BCUT2D eigenvalue weighted by atomic mass is 10.0. The Kier molecular flexibility index (Phi) is 8.62. The summed E-state index contributed by atoms with van der Waals surface area (Å²) in [5.41, 5.74) is 1.09. The number of likely N-dealkylation sites (tertiary alicyclic amines) is 2. The van der Waals surface area contributed by atoms with Gasteiger partial charge in [0.2, 0.25) is 5.91 Å². The summed E-state index contributed by atoms with van der Waals surface area (Å²) in [7, 11) is 0. The van der Waals surface area contributed by atoms with Gasteiger partial charge in [-0.15, -0.1) is 0 Å². The average Bonchev–Trinajstić information content (AvgIpc) is 3.01. The fourth-order valence-electron chi connectivity index (χ4n) is 4.36. The zero-order valence-electron chi connectivity index (χ0n) is 17.5. The molecule has 156 valence electrons. The number of hydrogen-bond donors (Lipinski definition) is 1. The predicted molar refractivity (Wildman–Crippen MR) is 114 cm³/mol. The van der Waals surface area contributed by atoms with Crippen molar-refractivity contribution in [1.82, 2.24) is 15.1 Å². The number of amides is 1. The van der Waals surface area contributed by atoms with Gasteiger partial charge in [0.15, 0.2) is 0 Å². The van der Waals surface area contributed by atoms with Gasteiger partial charge >= 0.3 is 0 Å². The van der Waals surface area contributed by atoms with E-state index < -0.39 is 0 Å². The minimum absolute atomic E-state index is 0.122. The largest absolute Gasteiger partial charge is 0.494 e. The van der Waals surface area contributed by atoms with Crippen LogP contribution in [0.4, 0.5) is 0 Å². The Labute approximate surface area is 170 Å². The van der Waals surface area contributed by atoms with Gasteiger partial charge in [-0.2, -0.15) is 0 Å². The lowest BCUT2D eigenvalue weighted by Crippen LogP contribution is -2.50. The van der Waals surface area contributed by atoms with Crippen LogP contribution in [0.1, 0.15) is 57.4 Å². The third kappa shape index (κ3) is 6.78. The number of hydrogen-bond acceptors (Lipinski definition) is 4. The number of carbonyl (C=O) groups excluding carboxylic acids is 1. The third-order valence-electron chi connectivity index (χ3n) is 5.87. The number of rotatable bonds is 8. The summed E-state index contributed by atoms with van der Waals surface area (Å²) in [6.07, 6.45) is 8.89. The highest BCUT2D eigenvalue weighted by molar-refractivity contribution is 5.78. The Morgan fingerprint density at radius 1 is 1.14 bits per heavy atom. The van der Waals surface area contributed by atoms with Gasteiger partial charge in [-0.3, -0.25) is 14.6 Å². The van der Waals surface area contributed by atoms with Crippen molar-refractivity contribution in [3.8, 4) is 5.75 Å². The first-order valence-corrected chi connectivity index (χ1v) is 11.2. The molecule has 0 aliphatic carbocycles. The van der Waals surface area contributed by atoms with Crippen LogP contribution < -0.4 is 10.1 Å². The summed E-state index contributed by atoms with van der Waals surface area (Å²) in [6, 6.07) is 8.65. The number of nitrogens with zero attached hydrogens (tertiary/aromatic N) is 2. The van der Waals surface area contributed by atoms with Crippen LogP contribution in [0.25, 0.3) is 0 Å². The van der Waals surface area contributed by atoms with Gasteiger partial charge < -0.3 is 10.1 Å². The number of nitrogens with one attached hydrogen (secondary N) is 1. The molecular weight excluding hydrogens is 350 g/mol. The van der Waals surface area contributed by atoms with E-state index in [9.17, 15) is 4.79 Å². The van der Waals surface area contributed by atoms with Crippen molar-refractivity contribution in [1.29, 1.82) is 0 Å². The molecule has 2 aliphatic heterocycles. The van der Waals surface area contributed by atoms with Crippen molar-refractivity contribution in [2.75, 3.05) is 39.3 Å². The first-order chi connectivity index (χ1) is 13.7. The highest BCUT2D eigenvalue weighted by Crippen LogP contribution is 2.20. The Hall–Kier alpha value is -1.59. The molecule has 1 aromatic rings. The fraction of sp³-hybridized carbons (Fsp3) is 0.696. The molecule has 0 spiro atoms. The van der Waals surface area contributed by atoms with Crippen LogP contribution >= 0.6 is 0 Å². The minimum Gasteiger partial charge on any atom is -0.494 e. The maximum absolute atomic E-state index is 12.5. The average molecular weight is 388 g/mol. The van der Waals surface area contributed by atoms with Crippen LogP contribution in [-0.2, 0) is 11.3 Å². The highest BCUT2D eigenvalue weighted by atomic mass is 16.5. The van der Waals surface area contributed by atoms with Crippen molar-refractivity contribution in [2.45, 2.75) is 64.5 Å². The molecule has 0 saturated carbocycles. The molecule has 2 fully saturated rings. The Morgan fingerprint density at radius 2 is 1.96 bits per heavy atom. The van der Waals surface area contributed by atoms with E-state index in [-0.39, 0.29) is 5.91 Å². The molecule has 1 unspecified atom stereocenters. The zero-order valence-corrected chi connectivity index (χ0v) is 17.5. The molecule has 0 aromatic heterocycles. The van der Waals surface area contributed by atoms with E-state index in [1.807, 2.05) is 24.3 Å². The second kappa shape index (κ2) is 11.4. The summed E-state index contributed by atoms with van der Waals surface area (Å²) < 4.78 is 5.68. The number of carbonyl (C=O) groups is 1. The van der Waals surface area contributed by atoms with E-state index in [2.05, 4.69) is 22.0 Å². The van der Waals surface area contributed by atoms with Crippen molar-refractivity contribution in [3.05, 3.63) is 29.8 Å². The maximum atomic E-state index is 12.5. The highest BCUT2D eigenvalue weighted by Gasteiger charge is 2.26. The molecule has 0 radical (unpaired) electrons. The summed E-state index contributed by atoms with van der Waals surface area (Å²) >= 11 is 0. The standard InChI is InChI=1S/C23H37N3O2/c1-2-15-28-22-11-7-9-20(16-22)17-24-23(27)19-25-12-8-10-21(18-25)26-13-5-3-4-6-14-26/h7,9,11,16,21H,2-6,8,10,12-15,17-19H2,1H3,(H,24,27). The fourth-order valence-corrected chi connectivity index (χ4v) is 4.36. The molecule has 5 heteroatoms. The van der Waals surface area contributed by atoms with Gasteiger partial charge in [-0.05, 0) is 69.4 Å². The monoisotopic (exact) mass is 387 g/mol. The lowest BCUT2D eigenvalue weighted by Gasteiger charge is -2.38. The van der Waals surface area contributed by atoms with Crippen molar-refractivity contribution < 1.29 is 9.53 Å². The molecule has 1 atom stereocenters. The third-order valence-corrected chi connectivity index (χ3v) is 5.87. The number of ether oxygens (including phenoxy) is 1. The van der Waals surface area contributed by atoms with Gasteiger partial charge in [0, 0.05) is 19.1 Å². The number of benzene rings is 1. The molecule has 3 rings (SSSR count). The normalized spacial score (nSPS) is 21.8. The van der Waals surface area contributed by atoms with E-state index in [1.54, 1.807) is 0 Å². The van der Waals surface area contributed by atoms with Crippen LogP contribution in [0.15, 0.2) is 24.3 Å². The lowest BCUT2D eigenvalue weighted by molar-refractivity contribution is -0.122. The first kappa shape index (κ1) is 21.1. The smallest absolute Gasteiger partial charge is 0.234 e. The van der Waals surface area contributed by atoms with Crippen molar-refractivity contribution in [2.24, 2.45) is 0 Å². The van der Waals surface area contributed by atoms with Gasteiger partial charge in [0.05, 0.1) is 13.2 Å². The SMILES string of the molecule is CCCOc1cccc(CNC(=O)CN2CCCC(N3CCCCCC3)C2)c1. The molecular formula is C23H37N3O2. The van der Waals surface area contributed by atoms with Crippen LogP contribution in [0.3, 0.4) is 0 Å². The van der Waals surface area contributed by atoms with E-state index in [1.165, 1.54) is 51.6 Å². The van der Waals surface area contributed by atoms with Crippen LogP contribution in [0, 0.1) is 0 Å². The molecule has 1 amide bonds. The summed E-state index contributed by atoms with van der Waals surface area (Å²) in [6.45, 7) is 8.45. The topological polar surface area (TPSA) is 44.8 Å². The van der Waals surface area contributed by atoms with Crippen LogP contribution in [0.5, 0.6) is 5.75 Å². The van der Waals surface area contributed by atoms with Crippen molar-refractivity contribution in [3.63, 3.8) is 0 Å². The Bertz CT molecular complexity index is 599. The Balaban J connectivity index is 1.42. The van der Waals surface area contributed by atoms with E-state index in [0.717, 1.165) is 37.4 Å². The molecule has 0 bridgehead atoms. The summed E-state index contributed by atoms with van der Waals surface area (Å²) in [5.74, 6) is 1.00. The molecule has 1 N–H and O–H groups in total. The van der Waals surface area contributed by atoms with Gasteiger partial charge in [0.1, 0.15) is 5.75 Å². The molecule has 1 aromatic carbocycles. The minimum atomic E-state index is 0.122. The molecule has 2 heterocycles. The quantitative estimate of drug-likeness (QED) is 0.742. The first-order valence-electron chi connectivity index (χ1n) is 11.2. The Morgan fingerprint density at radius 3 is 2.75 bits per heavy atom. The predicted octanol–water partition coefficient (Wildman–Crippen LogP) is 3.43. The van der Waals surface area contributed by atoms with Gasteiger partial charge in [-0.25, -0.2) is 0 Å². The zero-order chi connectivity index (χ0) is 19.6. The number of piperidine rings is 1. The molecule has 5 nitrogen and oxygen atoms in total. The van der Waals surface area contributed by atoms with Crippen molar-refractivity contribution >= 4 is 5.91 Å². The van der Waals surface area contributed by atoms with Crippen LogP contribution in [-0.4, -0.2) is 61.1 Å². The molecule has 2 aliphatic rings. The van der Waals surface area contributed by atoms with Gasteiger partial charge in [0.25, 0.3) is 0 Å². The summed E-state index contributed by atoms with van der Waals surface area (Å²) in [5, 5.41) is 3.08. The molecule has 28 heavy (non-hydrogen) atoms. The maximum Gasteiger partial charge on any atom is 0.234 e. The summed E-state index contributed by atoms with van der Waals surface area (Å²) in [4.78, 5) is 17.5. The van der Waals surface area contributed by atoms with E-state index >= 15 is 0 Å². The molecule has 2 saturated heterocycles. The van der Waals surface area contributed by atoms with Crippen LogP contribution in [0.2, 0.25) is 0 Å². The van der Waals surface area contributed by atoms with E-state index in [0.29, 0.717) is 19.1 Å². The second-order valence-corrected chi connectivity index (χ2v) is 8.25.